The van der Waals surface area contributed by atoms with Crippen molar-refractivity contribution in [3.8, 4) is 11.5 Å². The number of ether oxygens (including phenoxy) is 2. The SMILES string of the molecule is COc1cc([N+](=O)[O-])ccc1NC(=O)[C@H](C)Oc1ccccc1Cl. The van der Waals surface area contributed by atoms with E-state index in [2.05, 4.69) is 5.32 Å². The summed E-state index contributed by atoms with van der Waals surface area (Å²) in [7, 11) is 1.36. The summed E-state index contributed by atoms with van der Waals surface area (Å²) in [5.41, 5.74) is 0.174. The van der Waals surface area contributed by atoms with Gasteiger partial charge in [0.2, 0.25) is 0 Å². The molecule has 1 atom stereocenters. The van der Waals surface area contributed by atoms with Crippen molar-refractivity contribution in [2.24, 2.45) is 0 Å². The highest BCUT2D eigenvalue weighted by Gasteiger charge is 2.19. The largest absolute Gasteiger partial charge is 0.494 e. The number of nitro benzene ring substituents is 1. The lowest BCUT2D eigenvalue weighted by Crippen LogP contribution is -2.30. The number of nitrogens with one attached hydrogen (secondary N) is 1. The van der Waals surface area contributed by atoms with Gasteiger partial charge in [0.05, 0.1) is 28.8 Å². The Labute approximate surface area is 143 Å². The minimum Gasteiger partial charge on any atom is -0.494 e. The highest BCUT2D eigenvalue weighted by Crippen LogP contribution is 2.29. The van der Waals surface area contributed by atoms with Crippen molar-refractivity contribution in [3.05, 3.63) is 57.6 Å². The smallest absolute Gasteiger partial charge is 0.273 e. The first-order valence-electron chi connectivity index (χ1n) is 6.97. The molecule has 24 heavy (non-hydrogen) atoms. The van der Waals surface area contributed by atoms with Crippen molar-refractivity contribution >= 4 is 28.9 Å². The zero-order chi connectivity index (χ0) is 17.7. The Hall–Kier alpha value is -2.80. The maximum atomic E-state index is 12.2. The number of carbonyl (C=O) groups excluding carboxylic acids is 1. The Kier molecular flexibility index (Phi) is 5.59. The number of methoxy groups -OCH3 is 1. The number of non-ortho nitro benzene ring substituents is 1. The lowest BCUT2D eigenvalue weighted by Gasteiger charge is -2.16. The first kappa shape index (κ1) is 17.6. The average molecular weight is 351 g/mol. The minimum absolute atomic E-state index is 0.134. The summed E-state index contributed by atoms with van der Waals surface area (Å²) in [6, 6.07) is 10.7. The minimum atomic E-state index is -0.829. The van der Waals surface area contributed by atoms with Crippen molar-refractivity contribution in [3.63, 3.8) is 0 Å². The fourth-order valence-corrected chi connectivity index (χ4v) is 2.10. The number of hydrogen-bond donors (Lipinski definition) is 1. The molecule has 0 saturated carbocycles. The van der Waals surface area contributed by atoms with E-state index in [0.29, 0.717) is 16.5 Å². The molecule has 0 fully saturated rings. The van der Waals surface area contributed by atoms with E-state index >= 15 is 0 Å². The maximum absolute atomic E-state index is 12.2. The van der Waals surface area contributed by atoms with Crippen molar-refractivity contribution in [2.45, 2.75) is 13.0 Å². The second-order valence-electron chi connectivity index (χ2n) is 4.82. The summed E-state index contributed by atoms with van der Waals surface area (Å²) >= 11 is 5.99. The molecule has 7 nitrogen and oxygen atoms in total. The normalized spacial score (nSPS) is 11.5. The molecule has 2 aromatic rings. The van der Waals surface area contributed by atoms with Crippen molar-refractivity contribution in [2.75, 3.05) is 12.4 Å². The van der Waals surface area contributed by atoms with Crippen molar-refractivity contribution < 1.29 is 19.2 Å². The first-order chi connectivity index (χ1) is 11.4. The van der Waals surface area contributed by atoms with Crippen LogP contribution in [0.4, 0.5) is 11.4 Å². The number of amides is 1. The number of anilines is 1. The standard InChI is InChI=1S/C16H15ClN2O5/c1-10(24-14-6-4-3-5-12(14)17)16(20)18-13-8-7-11(19(21)22)9-15(13)23-2/h3-10H,1-2H3,(H,18,20)/t10-/m0/s1. The maximum Gasteiger partial charge on any atom is 0.273 e. The van der Waals surface area contributed by atoms with E-state index in [0.717, 1.165) is 0 Å². The van der Waals surface area contributed by atoms with Crippen LogP contribution >= 0.6 is 11.6 Å². The molecular formula is C16H15ClN2O5. The molecule has 0 radical (unpaired) electrons. The third-order valence-corrected chi connectivity index (χ3v) is 3.48. The van der Waals surface area contributed by atoms with Gasteiger partial charge in [-0.15, -0.1) is 0 Å². The van der Waals surface area contributed by atoms with Gasteiger partial charge < -0.3 is 14.8 Å². The van der Waals surface area contributed by atoms with Gasteiger partial charge in [0.25, 0.3) is 11.6 Å². The van der Waals surface area contributed by atoms with Gasteiger partial charge in [-0.25, -0.2) is 0 Å². The fourth-order valence-electron chi connectivity index (χ4n) is 1.92. The summed E-state index contributed by atoms with van der Waals surface area (Å²) in [4.78, 5) is 22.5. The van der Waals surface area contributed by atoms with Crippen molar-refractivity contribution in [1.29, 1.82) is 0 Å². The van der Waals surface area contributed by atoms with Gasteiger partial charge in [-0.1, -0.05) is 23.7 Å². The molecule has 1 amide bonds. The van der Waals surface area contributed by atoms with Gasteiger partial charge in [-0.05, 0) is 25.1 Å². The molecule has 0 aliphatic rings. The number of rotatable bonds is 6. The Morgan fingerprint density at radius 3 is 2.58 bits per heavy atom. The van der Waals surface area contributed by atoms with Crippen LogP contribution in [0.15, 0.2) is 42.5 Å². The second-order valence-corrected chi connectivity index (χ2v) is 5.23. The molecule has 126 valence electrons. The lowest BCUT2D eigenvalue weighted by atomic mass is 10.2. The van der Waals surface area contributed by atoms with Crippen LogP contribution < -0.4 is 14.8 Å². The topological polar surface area (TPSA) is 90.7 Å². The predicted molar refractivity (Wildman–Crippen MR) is 89.8 cm³/mol. The van der Waals surface area contributed by atoms with Gasteiger partial charge in [0.15, 0.2) is 6.10 Å². The zero-order valence-electron chi connectivity index (χ0n) is 13.0. The molecule has 0 heterocycles. The number of halogens is 1. The van der Waals surface area contributed by atoms with Gasteiger partial charge in [-0.2, -0.15) is 0 Å². The number of carbonyl (C=O) groups is 1. The Morgan fingerprint density at radius 1 is 1.25 bits per heavy atom. The highest BCUT2D eigenvalue weighted by atomic mass is 35.5. The highest BCUT2D eigenvalue weighted by molar-refractivity contribution is 6.32. The summed E-state index contributed by atoms with van der Waals surface area (Å²) in [6.07, 6.45) is -0.829. The summed E-state index contributed by atoms with van der Waals surface area (Å²) in [6.45, 7) is 1.57. The number of benzene rings is 2. The monoisotopic (exact) mass is 350 g/mol. The summed E-state index contributed by atoms with van der Waals surface area (Å²) < 4.78 is 10.6. The number of nitrogens with zero attached hydrogens (tertiary/aromatic N) is 1. The molecule has 0 aromatic heterocycles. The van der Waals surface area contributed by atoms with E-state index < -0.39 is 16.9 Å². The summed E-state index contributed by atoms with van der Waals surface area (Å²) in [5.74, 6) is 0.127. The quantitative estimate of drug-likeness (QED) is 0.634. The van der Waals surface area contributed by atoms with Crippen LogP contribution in [0.5, 0.6) is 11.5 Å². The van der Waals surface area contributed by atoms with Crippen LogP contribution in [0.1, 0.15) is 6.92 Å². The van der Waals surface area contributed by atoms with Crippen LogP contribution in [-0.2, 0) is 4.79 Å². The molecule has 2 rings (SSSR count). The first-order valence-corrected chi connectivity index (χ1v) is 7.34. The zero-order valence-corrected chi connectivity index (χ0v) is 13.7. The van der Waals surface area contributed by atoms with Gasteiger partial charge >= 0.3 is 0 Å². The van der Waals surface area contributed by atoms with Gasteiger partial charge in [-0.3, -0.25) is 14.9 Å². The molecule has 8 heteroatoms. The number of nitro groups is 1. The van der Waals surface area contributed by atoms with Crippen LogP contribution in [0.2, 0.25) is 5.02 Å². The molecular weight excluding hydrogens is 336 g/mol. The van der Waals surface area contributed by atoms with Crippen LogP contribution in [0, 0.1) is 10.1 Å². The molecule has 0 aliphatic heterocycles. The van der Waals surface area contributed by atoms with E-state index in [9.17, 15) is 14.9 Å². The Balaban J connectivity index is 2.11. The van der Waals surface area contributed by atoms with E-state index in [1.165, 1.54) is 25.3 Å². The fraction of sp³-hybridized carbons (Fsp3) is 0.188. The molecule has 0 aliphatic carbocycles. The predicted octanol–water partition coefficient (Wildman–Crippen LogP) is 3.66. The Morgan fingerprint density at radius 2 is 1.96 bits per heavy atom. The second kappa shape index (κ2) is 7.65. The molecule has 0 unspecified atom stereocenters. The summed E-state index contributed by atoms with van der Waals surface area (Å²) in [5, 5.41) is 13.8. The van der Waals surface area contributed by atoms with Crippen molar-refractivity contribution in [1.82, 2.24) is 0 Å². The van der Waals surface area contributed by atoms with E-state index in [1.807, 2.05) is 0 Å². The van der Waals surface area contributed by atoms with E-state index in [1.54, 1.807) is 31.2 Å². The van der Waals surface area contributed by atoms with E-state index in [-0.39, 0.29) is 11.4 Å². The van der Waals surface area contributed by atoms with Gasteiger partial charge in [0, 0.05) is 6.07 Å². The third-order valence-electron chi connectivity index (χ3n) is 3.16. The molecule has 2 aromatic carbocycles. The van der Waals surface area contributed by atoms with E-state index in [4.69, 9.17) is 21.1 Å². The molecule has 0 bridgehead atoms. The third kappa shape index (κ3) is 4.14. The lowest BCUT2D eigenvalue weighted by molar-refractivity contribution is -0.384. The molecule has 0 spiro atoms. The van der Waals surface area contributed by atoms with Crippen LogP contribution in [0.25, 0.3) is 0 Å². The number of hydrogen-bond acceptors (Lipinski definition) is 5. The van der Waals surface area contributed by atoms with Gasteiger partial charge in [0.1, 0.15) is 11.5 Å². The molecule has 0 saturated heterocycles. The average Bonchev–Trinajstić information content (AvgIpc) is 2.56. The van der Waals surface area contributed by atoms with Crippen LogP contribution in [0.3, 0.4) is 0 Å². The number of para-hydroxylation sites is 1. The van der Waals surface area contributed by atoms with Crippen LogP contribution in [-0.4, -0.2) is 24.0 Å². The Bertz CT molecular complexity index is 766. The molecule has 1 N–H and O–H groups in total.